The Labute approximate surface area is 73.4 Å². The van der Waals surface area contributed by atoms with Gasteiger partial charge in [0, 0.05) is 7.11 Å². The standard InChI is InChI=1S/C9H16N2O/c1-4-6-11-7-5-10-9(11)8(2)12-3/h5,7-8H,4,6H2,1-3H3/p+1. The lowest BCUT2D eigenvalue weighted by molar-refractivity contribution is -0.706. The molecule has 0 saturated carbocycles. The lowest BCUT2D eigenvalue weighted by Crippen LogP contribution is -2.37. The quantitative estimate of drug-likeness (QED) is 0.678. The number of aryl methyl sites for hydroxylation is 1. The fourth-order valence-corrected chi connectivity index (χ4v) is 1.27. The summed E-state index contributed by atoms with van der Waals surface area (Å²) in [6, 6.07) is 0. The summed E-state index contributed by atoms with van der Waals surface area (Å²) in [4.78, 5) is 3.18. The first-order chi connectivity index (χ1) is 5.79. The number of aromatic amines is 1. The van der Waals surface area contributed by atoms with Gasteiger partial charge in [0.1, 0.15) is 12.4 Å². The highest BCUT2D eigenvalue weighted by molar-refractivity contribution is 4.81. The Morgan fingerprint density at radius 2 is 2.42 bits per heavy atom. The monoisotopic (exact) mass is 169 g/mol. The van der Waals surface area contributed by atoms with Gasteiger partial charge >= 0.3 is 0 Å². The number of imidazole rings is 1. The lowest BCUT2D eigenvalue weighted by atomic mass is 10.3. The zero-order valence-electron chi connectivity index (χ0n) is 8.00. The van der Waals surface area contributed by atoms with Crippen LogP contribution in [0.5, 0.6) is 0 Å². The van der Waals surface area contributed by atoms with E-state index < -0.39 is 0 Å². The summed E-state index contributed by atoms with van der Waals surface area (Å²) < 4.78 is 7.42. The molecule has 1 atom stereocenters. The molecule has 0 amide bonds. The molecule has 0 aromatic carbocycles. The number of nitrogens with zero attached hydrogens (tertiary/aromatic N) is 1. The first-order valence-corrected chi connectivity index (χ1v) is 4.39. The van der Waals surface area contributed by atoms with Crippen LogP contribution in [0.25, 0.3) is 0 Å². The first-order valence-electron chi connectivity index (χ1n) is 4.39. The summed E-state index contributed by atoms with van der Waals surface area (Å²) in [6.45, 7) is 5.26. The molecule has 1 N–H and O–H groups in total. The number of aromatic nitrogens is 2. The maximum absolute atomic E-state index is 5.23. The minimum absolute atomic E-state index is 0.145. The van der Waals surface area contributed by atoms with E-state index in [1.807, 2.05) is 19.3 Å². The van der Waals surface area contributed by atoms with E-state index in [0.29, 0.717) is 0 Å². The van der Waals surface area contributed by atoms with Crippen LogP contribution in [0.2, 0.25) is 0 Å². The van der Waals surface area contributed by atoms with Crippen molar-refractivity contribution in [1.82, 2.24) is 4.98 Å². The van der Waals surface area contributed by atoms with Crippen LogP contribution in [0.15, 0.2) is 12.4 Å². The van der Waals surface area contributed by atoms with Crippen LogP contribution in [-0.2, 0) is 11.3 Å². The number of rotatable bonds is 4. The van der Waals surface area contributed by atoms with Gasteiger partial charge in [-0.25, -0.2) is 9.55 Å². The number of hydrogen-bond donors (Lipinski definition) is 1. The molecule has 1 aromatic rings. The van der Waals surface area contributed by atoms with Crippen molar-refractivity contribution in [3.8, 4) is 0 Å². The van der Waals surface area contributed by atoms with Gasteiger partial charge < -0.3 is 4.74 Å². The summed E-state index contributed by atoms with van der Waals surface area (Å²) in [6.07, 6.45) is 5.28. The molecular formula is C9H17N2O+. The third-order valence-corrected chi connectivity index (χ3v) is 2.00. The third kappa shape index (κ3) is 1.85. The van der Waals surface area contributed by atoms with Gasteiger partial charge in [-0.05, 0) is 13.3 Å². The molecule has 0 aliphatic heterocycles. The second-order valence-corrected chi connectivity index (χ2v) is 2.92. The van der Waals surface area contributed by atoms with E-state index in [-0.39, 0.29) is 6.10 Å². The Morgan fingerprint density at radius 1 is 1.67 bits per heavy atom. The zero-order chi connectivity index (χ0) is 8.97. The average Bonchev–Trinajstić information content (AvgIpc) is 2.52. The van der Waals surface area contributed by atoms with Crippen molar-refractivity contribution in [1.29, 1.82) is 0 Å². The third-order valence-electron chi connectivity index (χ3n) is 2.00. The highest BCUT2D eigenvalue weighted by Gasteiger charge is 2.16. The van der Waals surface area contributed by atoms with E-state index in [0.717, 1.165) is 18.8 Å². The fraction of sp³-hybridized carbons (Fsp3) is 0.667. The summed E-state index contributed by atoms with van der Waals surface area (Å²) in [5.74, 6) is 1.14. The van der Waals surface area contributed by atoms with E-state index in [2.05, 4.69) is 16.5 Å². The van der Waals surface area contributed by atoms with Crippen molar-refractivity contribution in [2.24, 2.45) is 0 Å². The molecule has 1 rings (SSSR count). The van der Waals surface area contributed by atoms with Gasteiger partial charge in [-0.1, -0.05) is 6.92 Å². The predicted octanol–water partition coefficient (Wildman–Crippen LogP) is 1.42. The Hall–Kier alpha value is -0.830. The second-order valence-electron chi connectivity index (χ2n) is 2.92. The molecule has 0 aliphatic rings. The molecule has 68 valence electrons. The molecule has 1 unspecified atom stereocenters. The summed E-state index contributed by atoms with van der Waals surface area (Å²) in [5.41, 5.74) is 0. The number of methoxy groups -OCH3 is 1. The minimum atomic E-state index is 0.145. The molecule has 0 radical (unpaired) electrons. The molecule has 1 aromatic heterocycles. The number of ether oxygens (including phenoxy) is 1. The Bertz CT molecular complexity index is 232. The van der Waals surface area contributed by atoms with Gasteiger partial charge in [0.05, 0.1) is 6.54 Å². The second kappa shape index (κ2) is 4.26. The first kappa shape index (κ1) is 9.26. The summed E-state index contributed by atoms with van der Waals surface area (Å²) in [7, 11) is 1.72. The van der Waals surface area contributed by atoms with Crippen LogP contribution in [-0.4, -0.2) is 12.1 Å². The van der Waals surface area contributed by atoms with Crippen LogP contribution >= 0.6 is 0 Å². The Morgan fingerprint density at radius 3 is 3.00 bits per heavy atom. The molecular weight excluding hydrogens is 152 g/mol. The van der Waals surface area contributed by atoms with E-state index in [4.69, 9.17) is 4.74 Å². The van der Waals surface area contributed by atoms with E-state index in [1.165, 1.54) is 0 Å². The molecule has 0 bridgehead atoms. The van der Waals surface area contributed by atoms with Crippen LogP contribution in [0.1, 0.15) is 32.2 Å². The van der Waals surface area contributed by atoms with Gasteiger partial charge in [0.15, 0.2) is 6.10 Å². The normalized spacial score (nSPS) is 13.2. The van der Waals surface area contributed by atoms with E-state index in [1.54, 1.807) is 7.11 Å². The minimum Gasteiger partial charge on any atom is -0.369 e. The van der Waals surface area contributed by atoms with Crippen LogP contribution in [0, 0.1) is 0 Å². The number of H-pyrrole nitrogens is 1. The zero-order valence-corrected chi connectivity index (χ0v) is 8.00. The van der Waals surface area contributed by atoms with Crippen LogP contribution in [0.3, 0.4) is 0 Å². The molecule has 0 aliphatic carbocycles. The van der Waals surface area contributed by atoms with Crippen LogP contribution in [0.4, 0.5) is 0 Å². The number of hydrogen-bond acceptors (Lipinski definition) is 1. The molecule has 0 saturated heterocycles. The topological polar surface area (TPSA) is 28.9 Å². The molecule has 0 fully saturated rings. The Kier molecular flexibility index (Phi) is 3.29. The summed E-state index contributed by atoms with van der Waals surface area (Å²) >= 11 is 0. The summed E-state index contributed by atoms with van der Waals surface area (Å²) in [5, 5.41) is 0. The van der Waals surface area contributed by atoms with Gasteiger partial charge in [0.2, 0.25) is 0 Å². The van der Waals surface area contributed by atoms with Gasteiger partial charge in [-0.3, -0.25) is 0 Å². The average molecular weight is 169 g/mol. The van der Waals surface area contributed by atoms with Crippen molar-refractivity contribution in [2.75, 3.05) is 7.11 Å². The molecule has 3 heteroatoms. The largest absolute Gasteiger partial charge is 0.369 e. The molecule has 12 heavy (non-hydrogen) atoms. The van der Waals surface area contributed by atoms with Crippen LogP contribution < -0.4 is 4.57 Å². The molecule has 3 nitrogen and oxygen atoms in total. The predicted molar refractivity (Wildman–Crippen MR) is 46.7 cm³/mol. The van der Waals surface area contributed by atoms with Crippen molar-refractivity contribution in [3.05, 3.63) is 18.2 Å². The highest BCUT2D eigenvalue weighted by atomic mass is 16.5. The van der Waals surface area contributed by atoms with Crippen molar-refractivity contribution >= 4 is 0 Å². The van der Waals surface area contributed by atoms with Crippen molar-refractivity contribution in [2.45, 2.75) is 32.9 Å². The molecule has 1 heterocycles. The van der Waals surface area contributed by atoms with Crippen molar-refractivity contribution in [3.63, 3.8) is 0 Å². The van der Waals surface area contributed by atoms with Gasteiger partial charge in [-0.15, -0.1) is 0 Å². The Balaban J connectivity index is 2.76. The van der Waals surface area contributed by atoms with E-state index >= 15 is 0 Å². The molecule has 0 spiro atoms. The van der Waals surface area contributed by atoms with Crippen molar-refractivity contribution < 1.29 is 9.30 Å². The fourth-order valence-electron chi connectivity index (χ4n) is 1.27. The number of nitrogens with one attached hydrogen (secondary N) is 1. The maximum Gasteiger partial charge on any atom is 0.283 e. The smallest absolute Gasteiger partial charge is 0.283 e. The lowest BCUT2D eigenvalue weighted by Gasteiger charge is -2.04. The SMILES string of the molecule is CCC[n+]1cc[nH]c1C(C)OC. The van der Waals surface area contributed by atoms with E-state index in [9.17, 15) is 0 Å². The van der Waals surface area contributed by atoms with Gasteiger partial charge in [-0.2, -0.15) is 0 Å². The highest BCUT2D eigenvalue weighted by Crippen LogP contribution is 2.07. The van der Waals surface area contributed by atoms with Gasteiger partial charge in [0.25, 0.3) is 5.82 Å². The maximum atomic E-state index is 5.23.